The molecule has 1 N–H and O–H groups in total. The van der Waals surface area contributed by atoms with Gasteiger partial charge >= 0.3 is 0 Å². The molecule has 0 amide bonds. The minimum Gasteiger partial charge on any atom is -0.472 e. The maximum atomic E-state index is 10.7. The highest BCUT2D eigenvalue weighted by atomic mass is 16.3. The Bertz CT molecular complexity index is 329. The van der Waals surface area contributed by atoms with Crippen LogP contribution in [0.3, 0.4) is 0 Å². The van der Waals surface area contributed by atoms with E-state index < -0.39 is 5.60 Å². The van der Waals surface area contributed by atoms with Crippen LogP contribution in [0.2, 0.25) is 0 Å². The van der Waals surface area contributed by atoms with Crippen LogP contribution in [0.4, 0.5) is 0 Å². The van der Waals surface area contributed by atoms with Gasteiger partial charge in [0.2, 0.25) is 0 Å². The maximum absolute atomic E-state index is 10.7. The predicted molar refractivity (Wildman–Crippen MR) is 68.8 cm³/mol. The van der Waals surface area contributed by atoms with Gasteiger partial charge in [0.1, 0.15) is 0 Å². The van der Waals surface area contributed by atoms with Gasteiger partial charge in [0.15, 0.2) is 0 Å². The third-order valence-corrected chi connectivity index (χ3v) is 4.25. The molecule has 96 valence electrons. The second-order valence-corrected chi connectivity index (χ2v) is 5.97. The van der Waals surface area contributed by atoms with Crippen LogP contribution in [0.25, 0.3) is 0 Å². The fourth-order valence-electron chi connectivity index (χ4n) is 3.03. The topological polar surface area (TPSA) is 33.4 Å². The summed E-state index contributed by atoms with van der Waals surface area (Å²) in [7, 11) is 0. The Balaban J connectivity index is 1.96. The van der Waals surface area contributed by atoms with Crippen LogP contribution in [0, 0.1) is 11.8 Å². The van der Waals surface area contributed by atoms with Crippen LogP contribution < -0.4 is 0 Å². The van der Waals surface area contributed by atoms with Gasteiger partial charge in [-0.1, -0.05) is 26.7 Å². The van der Waals surface area contributed by atoms with Gasteiger partial charge in [-0.25, -0.2) is 0 Å². The number of hydrogen-bond acceptors (Lipinski definition) is 2. The van der Waals surface area contributed by atoms with Crippen LogP contribution in [0.15, 0.2) is 23.0 Å². The van der Waals surface area contributed by atoms with E-state index in [4.69, 9.17) is 4.42 Å². The largest absolute Gasteiger partial charge is 0.472 e. The first kappa shape index (κ1) is 12.7. The fourth-order valence-corrected chi connectivity index (χ4v) is 3.03. The molecule has 1 aliphatic rings. The molecule has 0 aromatic carbocycles. The van der Waals surface area contributed by atoms with Crippen LogP contribution in [-0.4, -0.2) is 10.7 Å². The summed E-state index contributed by atoms with van der Waals surface area (Å²) in [4.78, 5) is 0. The van der Waals surface area contributed by atoms with Crippen LogP contribution in [-0.2, 0) is 6.42 Å². The number of rotatable bonds is 3. The van der Waals surface area contributed by atoms with E-state index in [0.717, 1.165) is 49.5 Å². The molecule has 0 radical (unpaired) electrons. The molecule has 1 saturated carbocycles. The highest BCUT2D eigenvalue weighted by molar-refractivity contribution is 5.09. The van der Waals surface area contributed by atoms with Gasteiger partial charge in [0.25, 0.3) is 0 Å². The third-order valence-electron chi connectivity index (χ3n) is 4.25. The van der Waals surface area contributed by atoms with Crippen molar-refractivity contribution < 1.29 is 9.52 Å². The van der Waals surface area contributed by atoms with E-state index in [-0.39, 0.29) is 0 Å². The summed E-state index contributed by atoms with van der Waals surface area (Å²) in [5, 5.41) is 10.7. The van der Waals surface area contributed by atoms with E-state index in [2.05, 4.69) is 13.8 Å². The van der Waals surface area contributed by atoms with E-state index >= 15 is 0 Å². The lowest BCUT2D eigenvalue weighted by molar-refractivity contribution is 0.0235. The Morgan fingerprint density at radius 3 is 2.88 bits per heavy atom. The zero-order valence-electron chi connectivity index (χ0n) is 11.0. The Labute approximate surface area is 104 Å². The van der Waals surface area contributed by atoms with E-state index in [9.17, 15) is 5.11 Å². The second kappa shape index (κ2) is 5.26. The number of aliphatic hydroxyl groups is 1. The zero-order valence-corrected chi connectivity index (χ0v) is 11.0. The SMILES string of the molecule is CC(C)C1CCCC(O)(Cc2ccoc2)CC1. The van der Waals surface area contributed by atoms with Crippen LogP contribution in [0.1, 0.15) is 51.5 Å². The van der Waals surface area contributed by atoms with E-state index in [0.29, 0.717) is 0 Å². The van der Waals surface area contributed by atoms with Crippen molar-refractivity contribution in [2.75, 3.05) is 0 Å². The fraction of sp³-hybridized carbons (Fsp3) is 0.733. The molecule has 0 bridgehead atoms. The normalized spacial score (nSPS) is 30.5. The van der Waals surface area contributed by atoms with E-state index in [1.54, 1.807) is 12.5 Å². The quantitative estimate of drug-likeness (QED) is 0.810. The molecule has 2 nitrogen and oxygen atoms in total. The lowest BCUT2D eigenvalue weighted by Crippen LogP contribution is -2.30. The van der Waals surface area contributed by atoms with Gasteiger partial charge in [-0.15, -0.1) is 0 Å². The van der Waals surface area contributed by atoms with Crippen molar-refractivity contribution in [3.05, 3.63) is 24.2 Å². The number of furan rings is 1. The number of hydrogen-bond donors (Lipinski definition) is 1. The third kappa shape index (κ3) is 3.35. The van der Waals surface area contributed by atoms with Gasteiger partial charge < -0.3 is 9.52 Å². The average molecular weight is 236 g/mol. The summed E-state index contributed by atoms with van der Waals surface area (Å²) in [5.74, 6) is 1.53. The van der Waals surface area contributed by atoms with Gasteiger partial charge in [-0.2, -0.15) is 0 Å². The molecule has 0 spiro atoms. The minimum absolute atomic E-state index is 0.506. The molecule has 1 fully saturated rings. The first-order chi connectivity index (χ1) is 8.09. The van der Waals surface area contributed by atoms with Crippen molar-refractivity contribution in [3.8, 4) is 0 Å². The first-order valence-electron chi connectivity index (χ1n) is 6.82. The van der Waals surface area contributed by atoms with Crippen LogP contribution >= 0.6 is 0 Å². The summed E-state index contributed by atoms with van der Waals surface area (Å²) in [6.07, 6.45) is 9.63. The lowest BCUT2D eigenvalue weighted by atomic mass is 9.86. The van der Waals surface area contributed by atoms with Crippen molar-refractivity contribution >= 4 is 0 Å². The van der Waals surface area contributed by atoms with Gasteiger partial charge in [-0.3, -0.25) is 0 Å². The molecule has 1 aromatic rings. The molecule has 0 saturated heterocycles. The first-order valence-corrected chi connectivity index (χ1v) is 6.82. The summed E-state index contributed by atoms with van der Waals surface area (Å²) in [5.41, 5.74) is 0.614. The molecular formula is C15H24O2. The Morgan fingerprint density at radius 1 is 1.41 bits per heavy atom. The summed E-state index contributed by atoms with van der Waals surface area (Å²) in [6.45, 7) is 4.59. The van der Waals surface area contributed by atoms with Crippen molar-refractivity contribution in [1.29, 1.82) is 0 Å². The predicted octanol–water partition coefficient (Wildman–Crippen LogP) is 3.79. The molecule has 1 aromatic heterocycles. The zero-order chi connectivity index (χ0) is 12.3. The highest BCUT2D eigenvalue weighted by Crippen LogP contribution is 2.35. The van der Waals surface area contributed by atoms with E-state index in [1.165, 1.54) is 6.42 Å². The van der Waals surface area contributed by atoms with E-state index in [1.807, 2.05) is 6.07 Å². The molecule has 1 heterocycles. The van der Waals surface area contributed by atoms with Gasteiger partial charge in [0.05, 0.1) is 18.1 Å². The van der Waals surface area contributed by atoms with Crippen molar-refractivity contribution in [3.63, 3.8) is 0 Å². The molecule has 17 heavy (non-hydrogen) atoms. The molecule has 2 heteroatoms. The Kier molecular flexibility index (Phi) is 3.93. The van der Waals surface area contributed by atoms with Crippen molar-refractivity contribution in [1.82, 2.24) is 0 Å². The van der Waals surface area contributed by atoms with Crippen molar-refractivity contribution in [2.24, 2.45) is 11.8 Å². The maximum Gasteiger partial charge on any atom is 0.0935 e. The second-order valence-electron chi connectivity index (χ2n) is 5.97. The van der Waals surface area contributed by atoms with Crippen LogP contribution in [0.5, 0.6) is 0 Å². The smallest absolute Gasteiger partial charge is 0.0935 e. The highest BCUT2D eigenvalue weighted by Gasteiger charge is 2.31. The lowest BCUT2D eigenvalue weighted by Gasteiger charge is -2.26. The minimum atomic E-state index is -0.506. The van der Waals surface area contributed by atoms with Gasteiger partial charge in [-0.05, 0) is 42.7 Å². The Hall–Kier alpha value is -0.760. The molecule has 2 rings (SSSR count). The molecule has 2 atom stereocenters. The molecular weight excluding hydrogens is 212 g/mol. The molecule has 2 unspecified atom stereocenters. The summed E-state index contributed by atoms with van der Waals surface area (Å²) >= 11 is 0. The standard InChI is InChI=1S/C15H24O2/c1-12(2)14-4-3-7-15(16,8-5-14)10-13-6-9-17-11-13/h6,9,11-12,14,16H,3-5,7-8,10H2,1-2H3. The van der Waals surface area contributed by atoms with Gasteiger partial charge in [0, 0.05) is 6.42 Å². The average Bonchev–Trinajstić information content (AvgIpc) is 2.67. The van der Waals surface area contributed by atoms with Crippen molar-refractivity contribution in [2.45, 2.75) is 58.0 Å². The monoisotopic (exact) mass is 236 g/mol. The summed E-state index contributed by atoms with van der Waals surface area (Å²) in [6, 6.07) is 1.96. The Morgan fingerprint density at radius 2 is 2.24 bits per heavy atom. The summed E-state index contributed by atoms with van der Waals surface area (Å²) < 4.78 is 5.08. The molecule has 1 aliphatic carbocycles. The molecule has 0 aliphatic heterocycles.